The minimum absolute atomic E-state index is 0.306. The number of nitrogen functional groups attached to an aromatic ring is 1. The van der Waals surface area contributed by atoms with Gasteiger partial charge in [-0.05, 0) is 13.8 Å². The van der Waals surface area contributed by atoms with Crippen LogP contribution in [0.1, 0.15) is 11.3 Å². The van der Waals surface area contributed by atoms with Crippen LogP contribution < -0.4 is 5.73 Å². The summed E-state index contributed by atoms with van der Waals surface area (Å²) in [5.41, 5.74) is 6.67. The van der Waals surface area contributed by atoms with E-state index in [1.165, 1.54) is 6.20 Å². The van der Waals surface area contributed by atoms with Gasteiger partial charge in [0.2, 0.25) is 0 Å². The second-order valence-electron chi connectivity index (χ2n) is 2.24. The average Bonchev–Trinajstić information content (AvgIpc) is 1.93. The molecule has 0 aliphatic carbocycles. The standard InChI is InChI=1S/C7H9FN2/c1-4-6(9)3-10-5(2)7(4)8/h3H,9H2,1-2H3. The second kappa shape index (κ2) is 2.25. The Morgan fingerprint density at radius 1 is 1.50 bits per heavy atom. The molecule has 10 heavy (non-hydrogen) atoms. The SMILES string of the molecule is Cc1ncc(N)c(C)c1F. The summed E-state index contributed by atoms with van der Waals surface area (Å²) in [5, 5.41) is 0. The highest BCUT2D eigenvalue weighted by Crippen LogP contribution is 2.14. The smallest absolute Gasteiger partial charge is 0.149 e. The van der Waals surface area contributed by atoms with Crippen LogP contribution >= 0.6 is 0 Å². The first-order valence-corrected chi connectivity index (χ1v) is 3.00. The van der Waals surface area contributed by atoms with Crippen molar-refractivity contribution >= 4 is 5.69 Å². The number of aromatic nitrogens is 1. The van der Waals surface area contributed by atoms with E-state index in [1.54, 1.807) is 13.8 Å². The highest BCUT2D eigenvalue weighted by molar-refractivity contribution is 5.44. The van der Waals surface area contributed by atoms with Crippen LogP contribution in [0.25, 0.3) is 0 Å². The second-order valence-corrected chi connectivity index (χ2v) is 2.24. The van der Waals surface area contributed by atoms with Crippen LogP contribution in [-0.2, 0) is 0 Å². The minimum Gasteiger partial charge on any atom is -0.397 e. The number of pyridine rings is 1. The largest absolute Gasteiger partial charge is 0.397 e. The molecule has 0 atom stereocenters. The number of nitrogens with two attached hydrogens (primary N) is 1. The van der Waals surface area contributed by atoms with Crippen LogP contribution in [0.4, 0.5) is 10.1 Å². The first-order chi connectivity index (χ1) is 4.63. The Bertz CT molecular complexity index is 231. The van der Waals surface area contributed by atoms with E-state index in [2.05, 4.69) is 4.98 Å². The first kappa shape index (κ1) is 6.99. The molecule has 0 radical (unpaired) electrons. The van der Waals surface area contributed by atoms with Crippen LogP contribution in [0, 0.1) is 19.7 Å². The van der Waals surface area contributed by atoms with Gasteiger partial charge >= 0.3 is 0 Å². The number of halogens is 1. The van der Waals surface area contributed by atoms with Gasteiger partial charge in [-0.25, -0.2) is 4.39 Å². The number of aryl methyl sites for hydroxylation is 1. The molecule has 0 aliphatic rings. The number of anilines is 1. The summed E-state index contributed by atoms with van der Waals surface area (Å²) in [6.45, 7) is 3.25. The zero-order valence-electron chi connectivity index (χ0n) is 5.98. The lowest BCUT2D eigenvalue weighted by Crippen LogP contribution is -1.97. The lowest BCUT2D eigenvalue weighted by Gasteiger charge is -2.01. The monoisotopic (exact) mass is 140 g/mol. The fourth-order valence-electron chi connectivity index (χ4n) is 0.718. The summed E-state index contributed by atoms with van der Waals surface area (Å²) in [7, 11) is 0. The van der Waals surface area contributed by atoms with Gasteiger partial charge in [-0.2, -0.15) is 0 Å². The Balaban J connectivity index is 3.34. The van der Waals surface area contributed by atoms with E-state index in [0.717, 1.165) is 0 Å². The van der Waals surface area contributed by atoms with Crippen molar-refractivity contribution < 1.29 is 4.39 Å². The Morgan fingerprint density at radius 2 is 2.10 bits per heavy atom. The molecule has 0 spiro atoms. The van der Waals surface area contributed by atoms with Gasteiger partial charge in [0.05, 0.1) is 17.6 Å². The quantitative estimate of drug-likeness (QED) is 0.591. The van der Waals surface area contributed by atoms with E-state index in [9.17, 15) is 4.39 Å². The Labute approximate surface area is 58.9 Å². The van der Waals surface area contributed by atoms with Gasteiger partial charge < -0.3 is 5.73 Å². The predicted molar refractivity (Wildman–Crippen MR) is 38.1 cm³/mol. The molecule has 1 heterocycles. The van der Waals surface area contributed by atoms with Crippen molar-refractivity contribution in [2.75, 3.05) is 5.73 Å². The maximum absolute atomic E-state index is 12.8. The topological polar surface area (TPSA) is 38.9 Å². The van der Waals surface area contributed by atoms with Gasteiger partial charge in [-0.3, -0.25) is 4.98 Å². The third kappa shape index (κ3) is 0.943. The lowest BCUT2D eigenvalue weighted by molar-refractivity contribution is 0.601. The number of nitrogens with zero attached hydrogens (tertiary/aromatic N) is 1. The maximum atomic E-state index is 12.8. The van der Waals surface area contributed by atoms with E-state index in [-0.39, 0.29) is 5.82 Å². The highest BCUT2D eigenvalue weighted by atomic mass is 19.1. The van der Waals surface area contributed by atoms with Crippen molar-refractivity contribution in [3.63, 3.8) is 0 Å². The summed E-state index contributed by atoms with van der Waals surface area (Å²) in [5.74, 6) is -0.306. The lowest BCUT2D eigenvalue weighted by atomic mass is 10.2. The Hall–Kier alpha value is -1.12. The summed E-state index contributed by atoms with van der Waals surface area (Å²) in [4.78, 5) is 3.74. The van der Waals surface area contributed by atoms with Gasteiger partial charge in [-0.1, -0.05) is 0 Å². The van der Waals surface area contributed by atoms with E-state index in [4.69, 9.17) is 5.73 Å². The molecule has 2 nitrogen and oxygen atoms in total. The number of rotatable bonds is 0. The molecule has 2 N–H and O–H groups in total. The zero-order valence-corrected chi connectivity index (χ0v) is 5.98. The molecule has 0 bridgehead atoms. The van der Waals surface area contributed by atoms with Crippen LogP contribution in [0.15, 0.2) is 6.20 Å². The van der Waals surface area contributed by atoms with Crippen molar-refractivity contribution in [2.24, 2.45) is 0 Å². The van der Waals surface area contributed by atoms with Crippen molar-refractivity contribution in [1.29, 1.82) is 0 Å². The van der Waals surface area contributed by atoms with E-state index in [0.29, 0.717) is 16.9 Å². The molecular formula is C7H9FN2. The van der Waals surface area contributed by atoms with Gasteiger partial charge in [0.15, 0.2) is 0 Å². The van der Waals surface area contributed by atoms with Crippen LogP contribution in [0.2, 0.25) is 0 Å². The molecule has 0 aliphatic heterocycles. The summed E-state index contributed by atoms with van der Waals surface area (Å²) in [6.07, 6.45) is 1.47. The van der Waals surface area contributed by atoms with Crippen LogP contribution in [-0.4, -0.2) is 4.98 Å². The summed E-state index contributed by atoms with van der Waals surface area (Å²) in [6, 6.07) is 0. The van der Waals surface area contributed by atoms with E-state index < -0.39 is 0 Å². The predicted octanol–water partition coefficient (Wildman–Crippen LogP) is 1.42. The van der Waals surface area contributed by atoms with Crippen molar-refractivity contribution in [1.82, 2.24) is 4.98 Å². The molecule has 0 unspecified atom stereocenters. The average molecular weight is 140 g/mol. The third-order valence-corrected chi connectivity index (χ3v) is 1.48. The molecule has 0 saturated carbocycles. The normalized spacial score (nSPS) is 9.90. The molecule has 54 valence electrons. The molecule has 0 aromatic carbocycles. The summed E-state index contributed by atoms with van der Waals surface area (Å²) >= 11 is 0. The molecule has 1 aromatic heterocycles. The minimum atomic E-state index is -0.306. The fourth-order valence-corrected chi connectivity index (χ4v) is 0.718. The van der Waals surface area contributed by atoms with Gasteiger partial charge in [0, 0.05) is 5.56 Å². The van der Waals surface area contributed by atoms with Gasteiger partial charge in [0.1, 0.15) is 5.82 Å². The molecule has 0 fully saturated rings. The number of hydrogen-bond acceptors (Lipinski definition) is 2. The third-order valence-electron chi connectivity index (χ3n) is 1.48. The molecule has 0 saturated heterocycles. The van der Waals surface area contributed by atoms with Crippen molar-refractivity contribution in [3.8, 4) is 0 Å². The van der Waals surface area contributed by atoms with Gasteiger partial charge in [-0.15, -0.1) is 0 Å². The zero-order chi connectivity index (χ0) is 7.72. The number of hydrogen-bond donors (Lipinski definition) is 1. The van der Waals surface area contributed by atoms with Crippen molar-refractivity contribution in [3.05, 3.63) is 23.3 Å². The van der Waals surface area contributed by atoms with Crippen LogP contribution in [0.3, 0.4) is 0 Å². The molecule has 0 amide bonds. The molecular weight excluding hydrogens is 131 g/mol. The Kier molecular flexibility index (Phi) is 1.57. The van der Waals surface area contributed by atoms with Gasteiger partial charge in [0.25, 0.3) is 0 Å². The highest BCUT2D eigenvalue weighted by Gasteiger charge is 2.03. The first-order valence-electron chi connectivity index (χ1n) is 3.00. The molecule has 1 aromatic rings. The van der Waals surface area contributed by atoms with Crippen molar-refractivity contribution in [2.45, 2.75) is 13.8 Å². The molecule has 1 rings (SSSR count). The fraction of sp³-hybridized carbons (Fsp3) is 0.286. The summed E-state index contributed by atoms with van der Waals surface area (Å²) < 4.78 is 12.8. The van der Waals surface area contributed by atoms with E-state index in [1.807, 2.05) is 0 Å². The van der Waals surface area contributed by atoms with Crippen LogP contribution in [0.5, 0.6) is 0 Å². The molecule has 3 heteroatoms. The van der Waals surface area contributed by atoms with E-state index >= 15 is 0 Å². The Morgan fingerprint density at radius 3 is 2.60 bits per heavy atom. The maximum Gasteiger partial charge on any atom is 0.149 e.